The molecular weight excluding hydrogens is 248 g/mol. The lowest BCUT2D eigenvalue weighted by molar-refractivity contribution is -0.139. The zero-order valence-electron chi connectivity index (χ0n) is 11.1. The Bertz CT molecular complexity index is 442. The molecule has 1 aliphatic rings. The van der Waals surface area contributed by atoms with Crippen LogP contribution in [0.5, 0.6) is 0 Å². The number of aromatic nitrogens is 1. The van der Waals surface area contributed by atoms with E-state index >= 15 is 0 Å². The van der Waals surface area contributed by atoms with Crippen molar-refractivity contribution in [2.24, 2.45) is 0 Å². The van der Waals surface area contributed by atoms with Crippen LogP contribution >= 0.6 is 11.3 Å². The van der Waals surface area contributed by atoms with Crippen molar-refractivity contribution in [1.82, 2.24) is 4.98 Å². The fraction of sp³-hybridized carbons (Fsp3) is 0.692. The van der Waals surface area contributed by atoms with Crippen LogP contribution in [0.25, 0.3) is 0 Å². The molecule has 4 nitrogen and oxygen atoms in total. The van der Waals surface area contributed by atoms with E-state index < -0.39 is 11.9 Å². The number of fused-ring (bicyclic) bond motifs is 1. The van der Waals surface area contributed by atoms with Crippen molar-refractivity contribution in [1.29, 1.82) is 0 Å². The Morgan fingerprint density at radius 3 is 2.89 bits per heavy atom. The first-order valence-corrected chi connectivity index (χ1v) is 7.35. The number of hydrogen-bond donors (Lipinski definition) is 1. The number of anilines is 1. The van der Waals surface area contributed by atoms with Crippen molar-refractivity contribution < 1.29 is 9.90 Å². The van der Waals surface area contributed by atoms with E-state index in [1.165, 1.54) is 4.88 Å². The minimum atomic E-state index is -0.736. The van der Waals surface area contributed by atoms with Crippen molar-refractivity contribution in [3.8, 4) is 0 Å². The minimum Gasteiger partial charge on any atom is -0.481 e. The van der Waals surface area contributed by atoms with Crippen LogP contribution in [0.2, 0.25) is 0 Å². The molecule has 0 radical (unpaired) electrons. The van der Waals surface area contributed by atoms with E-state index in [1.807, 2.05) is 0 Å². The second-order valence-corrected chi connectivity index (χ2v) is 6.03. The van der Waals surface area contributed by atoms with Crippen molar-refractivity contribution in [3.63, 3.8) is 0 Å². The fourth-order valence-corrected chi connectivity index (χ4v) is 3.85. The van der Waals surface area contributed by atoms with Crippen molar-refractivity contribution in [3.05, 3.63) is 10.6 Å². The van der Waals surface area contributed by atoms with Gasteiger partial charge in [-0.3, -0.25) is 4.79 Å². The van der Waals surface area contributed by atoms with E-state index in [-0.39, 0.29) is 0 Å². The molecule has 1 atom stereocenters. The summed E-state index contributed by atoms with van der Waals surface area (Å²) in [6.07, 6.45) is 2.66. The van der Waals surface area contributed by atoms with E-state index in [9.17, 15) is 9.90 Å². The number of carbonyl (C=O) groups is 1. The first-order valence-electron chi connectivity index (χ1n) is 6.53. The second kappa shape index (κ2) is 5.26. The maximum atomic E-state index is 11.3. The number of aryl methyl sites for hydroxylation is 1. The Kier molecular flexibility index (Phi) is 3.90. The predicted octanol–water partition coefficient (Wildman–Crippen LogP) is 2.88. The maximum Gasteiger partial charge on any atom is 0.312 e. The Morgan fingerprint density at radius 1 is 1.61 bits per heavy atom. The molecule has 1 aromatic rings. The maximum absolute atomic E-state index is 11.3. The molecular formula is C13H20N2O2S. The molecule has 1 unspecified atom stereocenters. The summed E-state index contributed by atoms with van der Waals surface area (Å²) in [6, 6.07) is 0.394. The first-order chi connectivity index (χ1) is 8.54. The van der Waals surface area contributed by atoms with Crippen LogP contribution in [0.15, 0.2) is 0 Å². The number of thiazole rings is 1. The Hall–Kier alpha value is -1.10. The van der Waals surface area contributed by atoms with Gasteiger partial charge in [-0.15, -0.1) is 11.3 Å². The summed E-state index contributed by atoms with van der Waals surface area (Å²) in [5.41, 5.74) is 0.813. The summed E-state index contributed by atoms with van der Waals surface area (Å²) >= 11 is 1.67. The molecule has 0 aliphatic heterocycles. The van der Waals surface area contributed by atoms with Gasteiger partial charge in [0.2, 0.25) is 0 Å². The van der Waals surface area contributed by atoms with Crippen LogP contribution < -0.4 is 4.90 Å². The summed E-state index contributed by atoms with van der Waals surface area (Å²) in [5, 5.41) is 10.2. The highest BCUT2D eigenvalue weighted by atomic mass is 32.1. The highest BCUT2D eigenvalue weighted by molar-refractivity contribution is 7.15. The van der Waals surface area contributed by atoms with Crippen LogP contribution in [-0.4, -0.2) is 28.6 Å². The lowest BCUT2D eigenvalue weighted by Gasteiger charge is -2.24. The number of carboxylic acids is 1. The molecule has 0 saturated carbocycles. The Morgan fingerprint density at radius 2 is 2.33 bits per heavy atom. The van der Waals surface area contributed by atoms with Gasteiger partial charge in [0, 0.05) is 17.5 Å². The lowest BCUT2D eigenvalue weighted by Crippen LogP contribution is -2.30. The van der Waals surface area contributed by atoms with Crippen molar-refractivity contribution in [2.45, 2.75) is 52.0 Å². The zero-order chi connectivity index (χ0) is 13.3. The van der Waals surface area contributed by atoms with E-state index in [0.29, 0.717) is 6.04 Å². The molecule has 1 heterocycles. The van der Waals surface area contributed by atoms with Gasteiger partial charge in [-0.2, -0.15) is 0 Å². The summed E-state index contributed by atoms with van der Waals surface area (Å²) in [7, 11) is 0. The molecule has 1 aromatic heterocycles. The van der Waals surface area contributed by atoms with Gasteiger partial charge in [-0.25, -0.2) is 4.98 Å². The lowest BCUT2D eigenvalue weighted by atomic mass is 9.91. The number of aliphatic carboxylic acids is 1. The van der Waals surface area contributed by atoms with Crippen LogP contribution in [0.3, 0.4) is 0 Å². The van der Waals surface area contributed by atoms with Crippen LogP contribution in [0.1, 0.15) is 50.1 Å². The SMILES string of the molecule is CCN(c1nc2c(s1)CCCC2C(=O)O)C(C)C. The monoisotopic (exact) mass is 268 g/mol. The molecule has 0 saturated heterocycles. The number of carboxylic acid groups (broad SMARTS) is 1. The standard InChI is InChI=1S/C13H20N2O2S/c1-4-15(8(2)3)13-14-11-9(12(16)17)6-5-7-10(11)18-13/h8-9H,4-7H2,1-3H3,(H,16,17). The first kappa shape index (κ1) is 13.3. The van der Waals surface area contributed by atoms with Crippen LogP contribution in [-0.2, 0) is 11.2 Å². The number of hydrogen-bond acceptors (Lipinski definition) is 4. The minimum absolute atomic E-state index is 0.394. The average molecular weight is 268 g/mol. The topological polar surface area (TPSA) is 53.4 Å². The normalized spacial score (nSPS) is 18.8. The van der Waals surface area contributed by atoms with Gasteiger partial charge in [-0.1, -0.05) is 0 Å². The van der Waals surface area contributed by atoms with Gasteiger partial charge in [0.15, 0.2) is 5.13 Å². The van der Waals surface area contributed by atoms with Gasteiger partial charge in [0.05, 0.1) is 5.69 Å². The van der Waals surface area contributed by atoms with E-state index in [1.54, 1.807) is 11.3 Å². The molecule has 0 spiro atoms. The third-order valence-corrected chi connectivity index (χ3v) is 4.62. The van der Waals surface area contributed by atoms with Gasteiger partial charge >= 0.3 is 5.97 Å². The zero-order valence-corrected chi connectivity index (χ0v) is 12.0. The third-order valence-electron chi connectivity index (χ3n) is 3.45. The van der Waals surface area contributed by atoms with Crippen LogP contribution in [0.4, 0.5) is 5.13 Å². The smallest absolute Gasteiger partial charge is 0.312 e. The van der Waals surface area contributed by atoms with Gasteiger partial charge in [0.25, 0.3) is 0 Å². The molecule has 0 fully saturated rings. The Labute approximate surface area is 112 Å². The molecule has 18 heavy (non-hydrogen) atoms. The van der Waals surface area contributed by atoms with Gasteiger partial charge in [-0.05, 0) is 40.0 Å². The van der Waals surface area contributed by atoms with Crippen LogP contribution in [0, 0.1) is 0 Å². The Balaban J connectivity index is 2.34. The molecule has 1 aliphatic carbocycles. The van der Waals surface area contributed by atoms with Crippen molar-refractivity contribution >= 4 is 22.4 Å². The fourth-order valence-electron chi connectivity index (χ4n) is 2.49. The molecule has 1 N–H and O–H groups in total. The summed E-state index contributed by atoms with van der Waals surface area (Å²) in [5.74, 6) is -1.13. The predicted molar refractivity (Wildman–Crippen MR) is 73.6 cm³/mol. The highest BCUT2D eigenvalue weighted by Gasteiger charge is 2.31. The summed E-state index contributed by atoms with van der Waals surface area (Å²) in [6.45, 7) is 7.29. The van der Waals surface area contributed by atoms with E-state index in [0.717, 1.165) is 36.6 Å². The largest absolute Gasteiger partial charge is 0.481 e. The molecule has 0 aromatic carbocycles. The van der Waals surface area contributed by atoms with Gasteiger partial charge < -0.3 is 10.0 Å². The summed E-state index contributed by atoms with van der Waals surface area (Å²) < 4.78 is 0. The van der Waals surface area contributed by atoms with E-state index in [4.69, 9.17) is 0 Å². The quantitative estimate of drug-likeness (QED) is 0.912. The average Bonchev–Trinajstić information content (AvgIpc) is 2.71. The molecule has 0 bridgehead atoms. The highest BCUT2D eigenvalue weighted by Crippen LogP contribution is 2.38. The van der Waals surface area contributed by atoms with Gasteiger partial charge in [0.1, 0.15) is 5.92 Å². The molecule has 100 valence electrons. The molecule has 0 amide bonds. The third kappa shape index (κ3) is 2.36. The summed E-state index contributed by atoms with van der Waals surface area (Å²) in [4.78, 5) is 19.3. The van der Waals surface area contributed by atoms with E-state index in [2.05, 4.69) is 30.7 Å². The molecule has 5 heteroatoms. The number of rotatable bonds is 4. The van der Waals surface area contributed by atoms with Crippen molar-refractivity contribution in [2.75, 3.05) is 11.4 Å². The molecule has 2 rings (SSSR count). The second-order valence-electron chi connectivity index (χ2n) is 4.97. The number of nitrogens with zero attached hydrogens (tertiary/aromatic N) is 2.